The van der Waals surface area contributed by atoms with Crippen LogP contribution >= 0.6 is 11.3 Å². The molecule has 4 aromatic carbocycles. The van der Waals surface area contributed by atoms with Gasteiger partial charge in [0.05, 0.1) is 11.0 Å². The lowest BCUT2D eigenvalue weighted by Crippen LogP contribution is -2.32. The van der Waals surface area contributed by atoms with Crippen LogP contribution in [-0.2, 0) is 5.41 Å². The number of fused-ring (bicyclic) bond motifs is 5. The van der Waals surface area contributed by atoms with Gasteiger partial charge in [0.15, 0.2) is 0 Å². The molecule has 2 aliphatic carbocycles. The molecule has 0 saturated heterocycles. The molecule has 2 aliphatic rings. The molecule has 1 aromatic heterocycles. The van der Waals surface area contributed by atoms with Crippen molar-refractivity contribution in [3.63, 3.8) is 0 Å². The van der Waals surface area contributed by atoms with Gasteiger partial charge in [-0.05, 0) is 58.5 Å². The Morgan fingerprint density at radius 3 is 2.00 bits per heavy atom. The number of allylic oxidation sites excluding steroid dienone is 4. The van der Waals surface area contributed by atoms with E-state index in [0.717, 1.165) is 0 Å². The Kier molecular flexibility index (Phi) is 4.36. The highest BCUT2D eigenvalue weighted by Crippen LogP contribution is 2.57. The minimum absolute atomic E-state index is 0.418. The molecule has 0 aliphatic heterocycles. The second-order valence-corrected chi connectivity index (χ2v) is 10.9. The maximum absolute atomic E-state index is 6.62. The Bertz CT molecular complexity index is 1660. The summed E-state index contributed by atoms with van der Waals surface area (Å²) in [7, 11) is 0. The molecular formula is C33H25NS. The zero-order valence-electron chi connectivity index (χ0n) is 19.5. The molecule has 0 spiro atoms. The second-order valence-electron chi connectivity index (χ2n) is 9.83. The zero-order chi connectivity index (χ0) is 23.6. The minimum atomic E-state index is -0.497. The van der Waals surface area contributed by atoms with E-state index in [1.807, 2.05) is 11.3 Å². The summed E-state index contributed by atoms with van der Waals surface area (Å²) < 4.78 is 2.66. The van der Waals surface area contributed by atoms with Gasteiger partial charge >= 0.3 is 0 Å². The summed E-state index contributed by atoms with van der Waals surface area (Å²) in [6.07, 6.45) is 8.82. The van der Waals surface area contributed by atoms with Crippen molar-refractivity contribution in [3.8, 4) is 0 Å². The average Bonchev–Trinajstić information content (AvgIpc) is 3.32. The van der Waals surface area contributed by atoms with Gasteiger partial charge in [0.1, 0.15) is 0 Å². The Hall–Kier alpha value is -3.72. The fourth-order valence-electron chi connectivity index (χ4n) is 5.94. The number of benzene rings is 4. The molecule has 168 valence electrons. The van der Waals surface area contributed by atoms with Gasteiger partial charge in [0.25, 0.3) is 0 Å². The van der Waals surface area contributed by atoms with Crippen LogP contribution in [0.4, 0.5) is 0 Å². The quantitative estimate of drug-likeness (QED) is 0.280. The predicted octanol–water partition coefficient (Wildman–Crippen LogP) is 8.00. The highest BCUT2D eigenvalue weighted by Gasteiger charge is 2.47. The van der Waals surface area contributed by atoms with E-state index < -0.39 is 11.0 Å². The van der Waals surface area contributed by atoms with Crippen molar-refractivity contribution in [2.75, 3.05) is 0 Å². The minimum Gasteiger partial charge on any atom is -0.319 e. The van der Waals surface area contributed by atoms with Crippen molar-refractivity contribution < 1.29 is 0 Å². The number of hydrogen-bond acceptors (Lipinski definition) is 2. The first-order valence-corrected chi connectivity index (χ1v) is 12.9. The lowest BCUT2D eigenvalue weighted by Gasteiger charge is -2.35. The van der Waals surface area contributed by atoms with Gasteiger partial charge < -0.3 is 5.73 Å². The van der Waals surface area contributed by atoms with Crippen LogP contribution in [0.5, 0.6) is 0 Å². The van der Waals surface area contributed by atoms with Crippen molar-refractivity contribution in [1.29, 1.82) is 0 Å². The van der Waals surface area contributed by atoms with E-state index in [2.05, 4.69) is 128 Å². The fourth-order valence-corrected chi connectivity index (χ4v) is 7.06. The first-order valence-electron chi connectivity index (χ1n) is 12.1. The molecule has 0 amide bonds. The van der Waals surface area contributed by atoms with Crippen LogP contribution in [0.3, 0.4) is 0 Å². The third-order valence-electron chi connectivity index (χ3n) is 7.54. The van der Waals surface area contributed by atoms with Gasteiger partial charge in [-0.25, -0.2) is 0 Å². The molecule has 0 saturated carbocycles. The van der Waals surface area contributed by atoms with Crippen molar-refractivity contribution in [1.82, 2.24) is 0 Å². The van der Waals surface area contributed by atoms with Crippen molar-refractivity contribution in [3.05, 3.63) is 149 Å². The van der Waals surface area contributed by atoms with Gasteiger partial charge in [-0.15, -0.1) is 11.3 Å². The average molecular weight is 468 g/mol. The second kappa shape index (κ2) is 7.39. The van der Waals surface area contributed by atoms with Crippen LogP contribution in [0.25, 0.3) is 25.7 Å². The number of hydrogen-bond donors (Lipinski definition) is 1. The van der Waals surface area contributed by atoms with Gasteiger partial charge in [-0.3, -0.25) is 0 Å². The molecule has 2 heteroatoms. The van der Waals surface area contributed by atoms with E-state index >= 15 is 0 Å². The van der Waals surface area contributed by atoms with E-state index in [1.54, 1.807) is 0 Å². The van der Waals surface area contributed by atoms with Crippen molar-refractivity contribution in [2.24, 2.45) is 5.73 Å². The molecule has 1 nitrogen and oxygen atoms in total. The Labute approximate surface area is 209 Å². The summed E-state index contributed by atoms with van der Waals surface area (Å²) in [6.45, 7) is 2.06. The third-order valence-corrected chi connectivity index (χ3v) is 8.67. The van der Waals surface area contributed by atoms with Crippen LogP contribution in [-0.4, -0.2) is 5.54 Å². The van der Waals surface area contributed by atoms with E-state index in [4.69, 9.17) is 5.73 Å². The summed E-state index contributed by atoms with van der Waals surface area (Å²) in [5, 5.41) is 2.65. The maximum atomic E-state index is 6.62. The smallest absolute Gasteiger partial charge is 0.0713 e. The number of nitrogens with two attached hydrogens (primary N) is 1. The highest BCUT2D eigenvalue weighted by atomic mass is 32.1. The molecule has 35 heavy (non-hydrogen) atoms. The standard InChI is InChI=1S/C33H25NS/c1-32(34)18-16-24-26-20-27-25-14-8-9-15-30(25)35-31(27)21-29(26)33(28(24)17-19-32,22-10-4-2-5-11-22)23-12-6-3-7-13-23/h2-21H,34H2,1H3. The molecule has 0 bridgehead atoms. The molecule has 7 rings (SSSR count). The van der Waals surface area contributed by atoms with Gasteiger partial charge in [0, 0.05) is 20.2 Å². The first kappa shape index (κ1) is 20.6. The Morgan fingerprint density at radius 2 is 1.29 bits per heavy atom. The molecular weight excluding hydrogens is 442 g/mol. The predicted molar refractivity (Wildman–Crippen MR) is 150 cm³/mol. The van der Waals surface area contributed by atoms with Crippen molar-refractivity contribution in [2.45, 2.75) is 17.9 Å². The molecule has 1 atom stereocenters. The highest BCUT2D eigenvalue weighted by molar-refractivity contribution is 7.25. The number of thiophene rings is 1. The normalized spacial score (nSPS) is 20.3. The van der Waals surface area contributed by atoms with E-state index in [-0.39, 0.29) is 0 Å². The lowest BCUT2D eigenvalue weighted by molar-refractivity contribution is 0.727. The molecule has 5 aromatic rings. The van der Waals surface area contributed by atoms with Crippen LogP contribution in [0, 0.1) is 0 Å². The largest absolute Gasteiger partial charge is 0.319 e. The molecule has 0 radical (unpaired) electrons. The monoisotopic (exact) mass is 467 g/mol. The topological polar surface area (TPSA) is 26.0 Å². The molecule has 1 heterocycles. The zero-order valence-corrected chi connectivity index (χ0v) is 20.3. The maximum Gasteiger partial charge on any atom is 0.0713 e. The Morgan fingerprint density at radius 1 is 0.657 bits per heavy atom. The van der Waals surface area contributed by atoms with Gasteiger partial charge in [0.2, 0.25) is 0 Å². The summed E-state index contributed by atoms with van der Waals surface area (Å²) in [5.41, 5.74) is 13.4. The molecule has 1 unspecified atom stereocenters. The molecule has 0 fully saturated rings. The first-order chi connectivity index (χ1) is 17.1. The lowest BCUT2D eigenvalue weighted by atomic mass is 9.66. The molecule has 2 N–H and O–H groups in total. The fraction of sp³-hybridized carbons (Fsp3) is 0.0909. The number of rotatable bonds is 2. The van der Waals surface area contributed by atoms with Crippen LogP contribution in [0.15, 0.2) is 127 Å². The van der Waals surface area contributed by atoms with Crippen LogP contribution in [0.1, 0.15) is 29.2 Å². The van der Waals surface area contributed by atoms with E-state index in [9.17, 15) is 0 Å². The van der Waals surface area contributed by atoms with E-state index in [1.165, 1.54) is 53.6 Å². The van der Waals surface area contributed by atoms with Crippen LogP contribution in [0.2, 0.25) is 0 Å². The summed E-state index contributed by atoms with van der Waals surface area (Å²) >= 11 is 1.88. The SMILES string of the molecule is CC1(N)C=CC2=C(C=C1)C(c1ccccc1)(c1ccccc1)c1cc3sc4ccccc4c3cc12. The van der Waals surface area contributed by atoms with E-state index in [0.29, 0.717) is 0 Å². The third kappa shape index (κ3) is 2.91. The summed E-state index contributed by atoms with van der Waals surface area (Å²) in [5.74, 6) is 0. The summed E-state index contributed by atoms with van der Waals surface area (Å²) in [6, 6.07) is 35.5. The van der Waals surface area contributed by atoms with Gasteiger partial charge in [-0.1, -0.05) is 103 Å². The van der Waals surface area contributed by atoms with Crippen molar-refractivity contribution >= 4 is 37.1 Å². The Balaban J connectivity index is 1.67. The van der Waals surface area contributed by atoms with Gasteiger partial charge in [-0.2, -0.15) is 0 Å². The van der Waals surface area contributed by atoms with Crippen LogP contribution < -0.4 is 5.73 Å². The summed E-state index contributed by atoms with van der Waals surface area (Å²) in [4.78, 5) is 0.